The molecule has 3 saturated heterocycles. The third kappa shape index (κ3) is 6.88. The minimum Gasteiger partial charge on any atom is -0.379 e. The molecule has 3 rings (SSSR count). The van der Waals surface area contributed by atoms with E-state index in [-0.39, 0.29) is 24.4 Å². The smallest absolute Gasteiger partial charge is 0.190 e. The first-order chi connectivity index (χ1) is 14.3. The number of ether oxygens (including phenoxy) is 6. The Morgan fingerprint density at radius 1 is 0.633 bits per heavy atom. The monoisotopic (exact) mass is 428 g/mol. The van der Waals surface area contributed by atoms with E-state index in [1.165, 1.54) is 57.8 Å². The fraction of sp³-hybridized carbons (Fsp3) is 1.00. The summed E-state index contributed by atoms with van der Waals surface area (Å²) in [5.74, 6) is -1.33. The zero-order valence-electron chi connectivity index (χ0n) is 19.8. The first-order valence-electron chi connectivity index (χ1n) is 12.3. The van der Waals surface area contributed by atoms with Crippen molar-refractivity contribution in [2.24, 2.45) is 0 Å². The van der Waals surface area contributed by atoms with E-state index in [4.69, 9.17) is 28.4 Å². The van der Waals surface area contributed by atoms with Crippen molar-refractivity contribution in [2.45, 2.75) is 141 Å². The number of fused-ring (bicyclic) bond motifs is 3. The number of hydrogen-bond donors (Lipinski definition) is 0. The Labute approximate surface area is 183 Å². The normalized spacial score (nSPS) is 34.1. The van der Waals surface area contributed by atoms with Crippen LogP contribution in [0, 0.1) is 0 Å². The summed E-state index contributed by atoms with van der Waals surface area (Å²) >= 11 is 0. The lowest BCUT2D eigenvalue weighted by molar-refractivity contribution is -0.243. The summed E-state index contributed by atoms with van der Waals surface area (Å²) < 4.78 is 36.4. The molecular weight excluding hydrogens is 384 g/mol. The first kappa shape index (κ1) is 24.4. The number of rotatable bonds is 13. The predicted octanol–water partition coefficient (Wildman–Crippen LogP) is 5.32. The quantitative estimate of drug-likeness (QED) is 0.370. The summed E-state index contributed by atoms with van der Waals surface area (Å²) in [7, 11) is 0. The van der Waals surface area contributed by atoms with E-state index >= 15 is 0 Å². The van der Waals surface area contributed by atoms with Crippen LogP contribution in [0.4, 0.5) is 0 Å². The molecule has 0 aromatic heterocycles. The van der Waals surface area contributed by atoms with Gasteiger partial charge in [-0.1, -0.05) is 64.7 Å². The molecule has 0 bridgehead atoms. The van der Waals surface area contributed by atoms with Gasteiger partial charge >= 0.3 is 0 Å². The second-order valence-corrected chi connectivity index (χ2v) is 9.96. The molecular formula is C24H44O6. The van der Waals surface area contributed by atoms with Crippen molar-refractivity contribution in [3.05, 3.63) is 0 Å². The average molecular weight is 429 g/mol. The molecule has 0 aromatic carbocycles. The molecule has 0 radical (unpaired) electrons. The maximum absolute atomic E-state index is 6.18. The Kier molecular flexibility index (Phi) is 9.00. The number of unbranched alkanes of at least 4 members (excludes halogenated alkanes) is 9. The van der Waals surface area contributed by atoms with Crippen LogP contribution in [0.2, 0.25) is 0 Å². The van der Waals surface area contributed by atoms with E-state index in [9.17, 15) is 0 Å². The topological polar surface area (TPSA) is 55.4 Å². The highest BCUT2D eigenvalue weighted by atomic mass is 16.9. The molecule has 0 spiro atoms. The van der Waals surface area contributed by atoms with Crippen LogP contribution in [0.15, 0.2) is 0 Å². The van der Waals surface area contributed by atoms with Gasteiger partial charge in [0.25, 0.3) is 0 Å². The van der Waals surface area contributed by atoms with Crippen LogP contribution in [0.1, 0.15) is 98.8 Å². The fourth-order valence-corrected chi connectivity index (χ4v) is 4.72. The zero-order valence-corrected chi connectivity index (χ0v) is 19.8. The molecule has 6 heteroatoms. The molecule has 176 valence electrons. The maximum atomic E-state index is 6.18. The van der Waals surface area contributed by atoms with Gasteiger partial charge in [0.1, 0.15) is 24.4 Å². The van der Waals surface area contributed by atoms with Gasteiger partial charge in [0.2, 0.25) is 0 Å². The highest BCUT2D eigenvalue weighted by Crippen LogP contribution is 2.44. The van der Waals surface area contributed by atoms with Crippen LogP contribution in [-0.2, 0) is 28.4 Å². The molecule has 0 aromatic rings. The minimum atomic E-state index is -0.679. The van der Waals surface area contributed by atoms with E-state index in [2.05, 4.69) is 6.92 Å². The van der Waals surface area contributed by atoms with Crippen molar-refractivity contribution in [1.82, 2.24) is 0 Å². The lowest BCUT2D eigenvalue weighted by atomic mass is 9.99. The molecule has 0 saturated carbocycles. The fourth-order valence-electron chi connectivity index (χ4n) is 4.72. The lowest BCUT2D eigenvalue weighted by Gasteiger charge is -2.37. The van der Waals surface area contributed by atoms with Gasteiger partial charge in [-0.25, -0.2) is 0 Å². The van der Waals surface area contributed by atoms with Crippen LogP contribution in [0.5, 0.6) is 0 Å². The molecule has 3 heterocycles. The van der Waals surface area contributed by atoms with Crippen LogP contribution >= 0.6 is 0 Å². The van der Waals surface area contributed by atoms with Gasteiger partial charge in [0.05, 0.1) is 6.61 Å². The van der Waals surface area contributed by atoms with Crippen LogP contribution < -0.4 is 0 Å². The van der Waals surface area contributed by atoms with Crippen LogP contribution in [-0.4, -0.2) is 55.5 Å². The Morgan fingerprint density at radius 2 is 1.17 bits per heavy atom. The van der Waals surface area contributed by atoms with E-state index in [1.807, 2.05) is 27.7 Å². The van der Waals surface area contributed by atoms with Crippen LogP contribution in [0.25, 0.3) is 0 Å². The molecule has 0 N–H and O–H groups in total. The Hall–Kier alpha value is -0.240. The summed E-state index contributed by atoms with van der Waals surface area (Å²) in [4.78, 5) is 0. The van der Waals surface area contributed by atoms with Gasteiger partial charge in [-0.05, 0) is 34.1 Å². The summed E-state index contributed by atoms with van der Waals surface area (Å²) in [5.41, 5.74) is 0. The SMILES string of the molecule is CCCCCCCCCCCCOC[C@@H]1O[C@@H]2OC(C)(C)O[C@@H]2[C@H]2OC(C)(C)O[C@H]21. The Morgan fingerprint density at radius 3 is 1.83 bits per heavy atom. The second kappa shape index (κ2) is 11.1. The third-order valence-corrected chi connectivity index (χ3v) is 6.18. The Balaban J connectivity index is 1.31. The summed E-state index contributed by atoms with van der Waals surface area (Å²) in [6.07, 6.45) is 11.9. The maximum Gasteiger partial charge on any atom is 0.190 e. The molecule has 30 heavy (non-hydrogen) atoms. The van der Waals surface area contributed by atoms with Crippen molar-refractivity contribution < 1.29 is 28.4 Å². The highest BCUT2D eigenvalue weighted by Gasteiger charge is 2.60. The summed E-state index contributed by atoms with van der Waals surface area (Å²) in [6.45, 7) is 11.2. The number of hydrogen-bond acceptors (Lipinski definition) is 6. The van der Waals surface area contributed by atoms with Gasteiger partial charge < -0.3 is 28.4 Å². The van der Waals surface area contributed by atoms with Crippen molar-refractivity contribution in [1.29, 1.82) is 0 Å². The molecule has 6 nitrogen and oxygen atoms in total. The van der Waals surface area contributed by atoms with Gasteiger partial charge in [0, 0.05) is 6.61 Å². The molecule has 5 atom stereocenters. The van der Waals surface area contributed by atoms with E-state index < -0.39 is 17.9 Å². The lowest BCUT2D eigenvalue weighted by Crippen LogP contribution is -2.56. The molecule has 3 aliphatic heterocycles. The first-order valence-corrected chi connectivity index (χ1v) is 12.3. The minimum absolute atomic E-state index is 0.202. The van der Waals surface area contributed by atoms with E-state index in [0.717, 1.165) is 13.0 Å². The van der Waals surface area contributed by atoms with Crippen molar-refractivity contribution in [3.63, 3.8) is 0 Å². The van der Waals surface area contributed by atoms with Gasteiger partial charge in [-0.15, -0.1) is 0 Å². The van der Waals surface area contributed by atoms with Gasteiger partial charge in [-0.3, -0.25) is 0 Å². The molecule has 0 unspecified atom stereocenters. The molecule has 3 fully saturated rings. The standard InChI is InChI=1S/C24H44O6/c1-6-7-8-9-10-11-12-13-14-15-16-25-17-18-19-20(28-23(2,3)27-19)21-22(26-18)30-24(4,5)29-21/h18-22H,6-17H2,1-5H3/t18-,19-,20-,21+,22+/m0/s1. The second-order valence-electron chi connectivity index (χ2n) is 9.96. The van der Waals surface area contributed by atoms with Gasteiger partial charge in [-0.2, -0.15) is 0 Å². The predicted molar refractivity (Wildman–Crippen MR) is 115 cm³/mol. The van der Waals surface area contributed by atoms with Crippen LogP contribution in [0.3, 0.4) is 0 Å². The summed E-state index contributed by atoms with van der Waals surface area (Å²) in [6, 6.07) is 0. The summed E-state index contributed by atoms with van der Waals surface area (Å²) in [5, 5.41) is 0. The average Bonchev–Trinajstić information content (AvgIpc) is 3.16. The largest absolute Gasteiger partial charge is 0.379 e. The highest BCUT2D eigenvalue weighted by molar-refractivity contribution is 5.00. The van der Waals surface area contributed by atoms with Crippen molar-refractivity contribution >= 4 is 0 Å². The third-order valence-electron chi connectivity index (χ3n) is 6.18. The van der Waals surface area contributed by atoms with Crippen molar-refractivity contribution in [3.8, 4) is 0 Å². The zero-order chi connectivity index (χ0) is 21.6. The van der Waals surface area contributed by atoms with Gasteiger partial charge in [0.15, 0.2) is 17.9 Å². The molecule has 3 aliphatic rings. The Bertz CT molecular complexity index is 508. The van der Waals surface area contributed by atoms with E-state index in [0.29, 0.717) is 6.61 Å². The van der Waals surface area contributed by atoms with E-state index in [1.54, 1.807) is 0 Å². The molecule has 0 aliphatic carbocycles. The molecule has 0 amide bonds. The van der Waals surface area contributed by atoms with Crippen molar-refractivity contribution in [2.75, 3.05) is 13.2 Å².